The van der Waals surface area contributed by atoms with Crippen molar-refractivity contribution < 1.29 is 4.42 Å². The third-order valence-corrected chi connectivity index (χ3v) is 11.2. The lowest BCUT2D eigenvalue weighted by molar-refractivity contribution is 0.668. The first-order valence-electron chi connectivity index (χ1n) is 18.8. The van der Waals surface area contributed by atoms with Gasteiger partial charge in [0.1, 0.15) is 11.2 Å². The minimum atomic E-state index is 0.611. The van der Waals surface area contributed by atoms with Crippen LogP contribution < -0.4 is 0 Å². The van der Waals surface area contributed by atoms with Gasteiger partial charge in [-0.1, -0.05) is 127 Å². The molecule has 0 radical (unpaired) electrons. The highest BCUT2D eigenvalue weighted by Crippen LogP contribution is 2.41. The largest absolute Gasteiger partial charge is 0.456 e. The fraction of sp³-hybridized carbons (Fsp3) is 0. The van der Waals surface area contributed by atoms with Crippen molar-refractivity contribution in [1.29, 1.82) is 0 Å². The molecule has 0 fully saturated rings. The number of hydrogen-bond acceptors (Lipinski definition) is 4. The van der Waals surface area contributed by atoms with Gasteiger partial charge in [-0.3, -0.25) is 0 Å². The Bertz CT molecular complexity index is 3540. The van der Waals surface area contributed by atoms with Gasteiger partial charge < -0.3 is 8.98 Å². The zero-order valence-corrected chi connectivity index (χ0v) is 30.0. The van der Waals surface area contributed by atoms with Gasteiger partial charge in [0.2, 0.25) is 0 Å². The van der Waals surface area contributed by atoms with Crippen LogP contribution in [-0.2, 0) is 0 Å². The highest BCUT2D eigenvalue weighted by molar-refractivity contribution is 6.23. The van der Waals surface area contributed by atoms with Crippen molar-refractivity contribution in [2.75, 3.05) is 0 Å². The number of furan rings is 1. The molecule has 0 saturated carbocycles. The molecule has 0 N–H and O–H groups in total. The third-order valence-electron chi connectivity index (χ3n) is 11.2. The average molecular weight is 715 g/mol. The van der Waals surface area contributed by atoms with Crippen LogP contribution in [0.3, 0.4) is 0 Å². The summed E-state index contributed by atoms with van der Waals surface area (Å²) in [5, 5.41) is 11.7. The fourth-order valence-electron chi connectivity index (χ4n) is 8.56. The Morgan fingerprint density at radius 1 is 0.357 bits per heavy atom. The van der Waals surface area contributed by atoms with E-state index in [4.69, 9.17) is 19.4 Å². The van der Waals surface area contributed by atoms with Crippen LogP contribution in [0.5, 0.6) is 0 Å². The zero-order valence-electron chi connectivity index (χ0n) is 30.0. The second kappa shape index (κ2) is 11.9. The highest BCUT2D eigenvalue weighted by atomic mass is 16.3. The predicted molar refractivity (Wildman–Crippen MR) is 230 cm³/mol. The summed E-state index contributed by atoms with van der Waals surface area (Å²) >= 11 is 0. The van der Waals surface area contributed by atoms with Gasteiger partial charge in [-0.25, -0.2) is 15.0 Å². The minimum Gasteiger partial charge on any atom is -0.456 e. The van der Waals surface area contributed by atoms with Crippen LogP contribution in [0.2, 0.25) is 0 Å². The maximum absolute atomic E-state index is 6.61. The molecule has 9 aromatic carbocycles. The molecule has 0 bridgehead atoms. The first kappa shape index (κ1) is 30.8. The lowest BCUT2D eigenvalue weighted by atomic mass is 10.0. The van der Waals surface area contributed by atoms with Crippen molar-refractivity contribution in [1.82, 2.24) is 19.5 Å². The van der Waals surface area contributed by atoms with Crippen LogP contribution in [0, 0.1) is 0 Å². The molecule has 0 aliphatic rings. The molecule has 3 aromatic heterocycles. The molecule has 0 aliphatic carbocycles. The molecular formula is C51H30N4O. The summed E-state index contributed by atoms with van der Waals surface area (Å²) in [6.07, 6.45) is 0. The molecule has 0 spiro atoms. The van der Waals surface area contributed by atoms with Crippen LogP contribution in [0.15, 0.2) is 186 Å². The van der Waals surface area contributed by atoms with E-state index in [-0.39, 0.29) is 0 Å². The standard InChI is InChI=1S/C51H30N4O/c1-2-13-33(14-3-1)49-52-50(54-51(53-49)41-20-10-17-31-11-6-8-18-38(31)41)36-22-26-46-42(28-36)40-24-23-37(30-47(40)56-46)55-44-25-21-32-12-7-9-19-39(32)48(44)43-27-34-15-4-5-16-35(34)29-45(43)55/h1-30H. The van der Waals surface area contributed by atoms with E-state index in [2.05, 4.69) is 144 Å². The van der Waals surface area contributed by atoms with E-state index in [0.717, 1.165) is 60.6 Å². The van der Waals surface area contributed by atoms with E-state index in [1.165, 1.54) is 37.8 Å². The van der Waals surface area contributed by atoms with Gasteiger partial charge >= 0.3 is 0 Å². The van der Waals surface area contributed by atoms with Crippen LogP contribution >= 0.6 is 0 Å². The normalized spacial score (nSPS) is 11.9. The molecule has 12 rings (SSSR count). The Kier molecular flexibility index (Phi) is 6.56. The molecule has 0 atom stereocenters. The Morgan fingerprint density at radius 3 is 1.88 bits per heavy atom. The van der Waals surface area contributed by atoms with Gasteiger partial charge in [-0.2, -0.15) is 0 Å². The molecule has 0 unspecified atom stereocenters. The summed E-state index contributed by atoms with van der Waals surface area (Å²) in [6.45, 7) is 0. The average Bonchev–Trinajstić information content (AvgIpc) is 3.80. The number of benzene rings is 9. The third kappa shape index (κ3) is 4.71. The monoisotopic (exact) mass is 714 g/mol. The van der Waals surface area contributed by atoms with E-state index < -0.39 is 0 Å². The van der Waals surface area contributed by atoms with E-state index in [9.17, 15) is 0 Å². The topological polar surface area (TPSA) is 56.7 Å². The molecule has 56 heavy (non-hydrogen) atoms. The maximum atomic E-state index is 6.61. The molecule has 0 amide bonds. The van der Waals surface area contributed by atoms with Gasteiger partial charge in [-0.05, 0) is 80.8 Å². The van der Waals surface area contributed by atoms with Crippen molar-refractivity contribution in [3.8, 4) is 39.9 Å². The smallest absolute Gasteiger partial charge is 0.164 e. The fourth-order valence-corrected chi connectivity index (χ4v) is 8.56. The van der Waals surface area contributed by atoms with Crippen molar-refractivity contribution in [3.63, 3.8) is 0 Å². The molecule has 0 saturated heterocycles. The van der Waals surface area contributed by atoms with Crippen LogP contribution in [0.4, 0.5) is 0 Å². The summed E-state index contributed by atoms with van der Waals surface area (Å²) in [7, 11) is 0. The van der Waals surface area contributed by atoms with Crippen LogP contribution in [0.25, 0.3) is 116 Å². The molecule has 0 aliphatic heterocycles. The quantitative estimate of drug-likeness (QED) is 0.182. The second-order valence-electron chi connectivity index (χ2n) is 14.4. The van der Waals surface area contributed by atoms with Crippen molar-refractivity contribution in [2.45, 2.75) is 0 Å². The summed E-state index contributed by atoms with van der Waals surface area (Å²) in [4.78, 5) is 15.2. The summed E-state index contributed by atoms with van der Waals surface area (Å²) in [6, 6.07) is 63.9. The number of rotatable bonds is 4. The predicted octanol–water partition coefficient (Wildman–Crippen LogP) is 13.3. The number of aromatic nitrogens is 4. The van der Waals surface area contributed by atoms with Gasteiger partial charge in [0.15, 0.2) is 17.5 Å². The summed E-state index contributed by atoms with van der Waals surface area (Å²) in [5.41, 5.74) is 7.81. The summed E-state index contributed by atoms with van der Waals surface area (Å²) in [5.74, 6) is 1.88. The number of fused-ring (bicyclic) bond motifs is 10. The van der Waals surface area contributed by atoms with Gasteiger partial charge in [-0.15, -0.1) is 0 Å². The minimum absolute atomic E-state index is 0.611. The van der Waals surface area contributed by atoms with Gasteiger partial charge in [0, 0.05) is 50.0 Å². The zero-order chi connectivity index (χ0) is 36.7. The Morgan fingerprint density at radius 2 is 1.04 bits per heavy atom. The maximum Gasteiger partial charge on any atom is 0.164 e. The molecule has 260 valence electrons. The molecule has 5 heteroatoms. The first-order valence-corrected chi connectivity index (χ1v) is 18.8. The molecule has 12 aromatic rings. The summed E-state index contributed by atoms with van der Waals surface area (Å²) < 4.78 is 9.00. The number of nitrogens with zero attached hydrogens (tertiary/aromatic N) is 4. The van der Waals surface area contributed by atoms with Crippen molar-refractivity contribution in [3.05, 3.63) is 182 Å². The SMILES string of the molecule is c1ccc(-c2nc(-c3ccc4oc5cc(-n6c7cc8ccccc8cc7c7c8ccccc8ccc76)ccc5c4c3)nc(-c3cccc4ccccc34)n2)cc1. The second-order valence-corrected chi connectivity index (χ2v) is 14.4. The van der Waals surface area contributed by atoms with Crippen molar-refractivity contribution in [2.24, 2.45) is 0 Å². The van der Waals surface area contributed by atoms with Crippen molar-refractivity contribution >= 4 is 76.1 Å². The van der Waals surface area contributed by atoms with E-state index in [0.29, 0.717) is 17.5 Å². The lowest BCUT2D eigenvalue weighted by Gasteiger charge is -2.10. The first-order chi connectivity index (χ1) is 27.7. The van der Waals surface area contributed by atoms with Crippen LogP contribution in [-0.4, -0.2) is 19.5 Å². The Hall–Kier alpha value is -7.63. The van der Waals surface area contributed by atoms with E-state index in [1.54, 1.807) is 0 Å². The molecule has 3 heterocycles. The van der Waals surface area contributed by atoms with E-state index >= 15 is 0 Å². The highest BCUT2D eigenvalue weighted by Gasteiger charge is 2.19. The van der Waals surface area contributed by atoms with Gasteiger partial charge in [0.25, 0.3) is 0 Å². The Labute approximate surface area is 320 Å². The van der Waals surface area contributed by atoms with Crippen LogP contribution in [0.1, 0.15) is 0 Å². The lowest BCUT2D eigenvalue weighted by Crippen LogP contribution is -2.00. The molecule has 5 nitrogen and oxygen atoms in total. The molecular weight excluding hydrogens is 685 g/mol. The Balaban J connectivity index is 1.04. The number of hydrogen-bond donors (Lipinski definition) is 0. The van der Waals surface area contributed by atoms with Gasteiger partial charge in [0.05, 0.1) is 11.0 Å². The van der Waals surface area contributed by atoms with E-state index in [1.807, 2.05) is 42.5 Å².